The predicted octanol–water partition coefficient (Wildman–Crippen LogP) is 3.49. The molecule has 1 amide bonds. The molecule has 0 bridgehead atoms. The van der Waals surface area contributed by atoms with Crippen molar-refractivity contribution < 1.29 is 14.5 Å². The molecule has 0 saturated heterocycles. The van der Waals surface area contributed by atoms with Crippen LogP contribution < -0.4 is 10.1 Å². The number of rotatable bonds is 6. The number of anilines is 1. The zero-order valence-electron chi connectivity index (χ0n) is 12.7. The molecule has 122 valence electrons. The lowest BCUT2D eigenvalue weighted by Gasteiger charge is -2.13. The van der Waals surface area contributed by atoms with Crippen LogP contribution in [0.1, 0.15) is 12.6 Å². The second kappa shape index (κ2) is 7.42. The Morgan fingerprint density at radius 3 is 2.83 bits per heavy atom. The van der Waals surface area contributed by atoms with Crippen LogP contribution >= 0.6 is 23.1 Å². The molecule has 1 atom stereocenters. The molecule has 0 aliphatic heterocycles. The first-order valence-electron chi connectivity index (χ1n) is 6.62. The van der Waals surface area contributed by atoms with E-state index in [1.165, 1.54) is 48.4 Å². The number of thioether (sulfide) groups is 1. The molecule has 1 heterocycles. The Bertz CT molecular complexity index is 733. The predicted molar refractivity (Wildman–Crippen MR) is 90.4 cm³/mol. The molecule has 0 spiro atoms. The van der Waals surface area contributed by atoms with Crippen LogP contribution in [-0.4, -0.2) is 28.2 Å². The van der Waals surface area contributed by atoms with Gasteiger partial charge in [-0.3, -0.25) is 14.9 Å². The zero-order chi connectivity index (χ0) is 17.0. The average Bonchev–Trinajstić information content (AvgIpc) is 2.92. The van der Waals surface area contributed by atoms with E-state index < -0.39 is 4.92 Å². The summed E-state index contributed by atoms with van der Waals surface area (Å²) < 4.78 is 5.92. The molecular weight excluding hydrogens is 338 g/mol. The Labute approximate surface area is 141 Å². The molecule has 1 aromatic carbocycles. The Morgan fingerprint density at radius 2 is 2.26 bits per heavy atom. The summed E-state index contributed by atoms with van der Waals surface area (Å²) in [6, 6.07) is 4.05. The number of nitrogens with zero attached hydrogens (tertiary/aromatic N) is 2. The van der Waals surface area contributed by atoms with Crippen LogP contribution in [0.5, 0.6) is 5.75 Å². The molecule has 2 rings (SSSR count). The molecule has 1 N–H and O–H groups in total. The number of carbonyl (C=O) groups is 1. The van der Waals surface area contributed by atoms with Crippen LogP contribution in [0, 0.1) is 17.0 Å². The second-order valence-corrected chi connectivity index (χ2v) is 7.09. The quantitative estimate of drug-likeness (QED) is 0.485. The van der Waals surface area contributed by atoms with Gasteiger partial charge in [0, 0.05) is 17.1 Å². The van der Waals surface area contributed by atoms with E-state index in [0.717, 1.165) is 10.0 Å². The van der Waals surface area contributed by atoms with Gasteiger partial charge >= 0.3 is 0 Å². The van der Waals surface area contributed by atoms with Crippen LogP contribution in [0.3, 0.4) is 0 Å². The molecule has 9 heteroatoms. The first-order valence-corrected chi connectivity index (χ1v) is 8.38. The summed E-state index contributed by atoms with van der Waals surface area (Å²) in [4.78, 5) is 26.8. The summed E-state index contributed by atoms with van der Waals surface area (Å²) in [6.07, 6.45) is 0. The number of methoxy groups -OCH3 is 1. The van der Waals surface area contributed by atoms with Gasteiger partial charge in [0.05, 0.1) is 29.0 Å². The molecule has 0 aliphatic carbocycles. The number of amides is 1. The van der Waals surface area contributed by atoms with Gasteiger partial charge in [-0.2, -0.15) is 0 Å². The van der Waals surface area contributed by atoms with Crippen LogP contribution in [-0.2, 0) is 4.79 Å². The van der Waals surface area contributed by atoms with Gasteiger partial charge in [-0.25, -0.2) is 4.98 Å². The Kier molecular flexibility index (Phi) is 5.56. The highest BCUT2D eigenvalue weighted by atomic mass is 32.2. The first kappa shape index (κ1) is 17.2. The number of thiazole rings is 1. The van der Waals surface area contributed by atoms with E-state index in [1.54, 1.807) is 6.92 Å². The van der Waals surface area contributed by atoms with Gasteiger partial charge in [-0.1, -0.05) is 11.8 Å². The van der Waals surface area contributed by atoms with Crippen LogP contribution in [0.25, 0.3) is 0 Å². The van der Waals surface area contributed by atoms with Crippen molar-refractivity contribution in [3.63, 3.8) is 0 Å². The van der Waals surface area contributed by atoms with Gasteiger partial charge in [0.1, 0.15) is 5.75 Å². The molecule has 7 nitrogen and oxygen atoms in total. The van der Waals surface area contributed by atoms with Gasteiger partial charge in [0.15, 0.2) is 4.34 Å². The van der Waals surface area contributed by atoms with E-state index in [4.69, 9.17) is 4.74 Å². The van der Waals surface area contributed by atoms with Crippen molar-refractivity contribution in [3.05, 3.63) is 39.4 Å². The number of ether oxygens (including phenoxy) is 1. The number of non-ortho nitro benzene ring substituents is 1. The fourth-order valence-electron chi connectivity index (χ4n) is 1.72. The molecule has 23 heavy (non-hydrogen) atoms. The molecular formula is C14H15N3O4S2. The van der Waals surface area contributed by atoms with Gasteiger partial charge < -0.3 is 10.1 Å². The molecule has 0 saturated carbocycles. The van der Waals surface area contributed by atoms with Crippen LogP contribution in [0.15, 0.2) is 27.9 Å². The molecule has 0 radical (unpaired) electrons. The Hall–Kier alpha value is -2.13. The SMILES string of the molecule is COc1cc([N+](=O)[O-])ccc1NC(=O)[C@H](C)Sc1nc(C)cs1. The topological polar surface area (TPSA) is 94.4 Å². The highest BCUT2D eigenvalue weighted by Gasteiger charge is 2.19. The molecule has 1 aromatic heterocycles. The maximum Gasteiger partial charge on any atom is 0.273 e. The van der Waals surface area contributed by atoms with E-state index >= 15 is 0 Å². The minimum Gasteiger partial charge on any atom is -0.494 e. The van der Waals surface area contributed by atoms with E-state index in [0.29, 0.717) is 5.69 Å². The number of benzene rings is 1. The number of nitrogens with one attached hydrogen (secondary N) is 1. The minimum atomic E-state index is -0.516. The smallest absolute Gasteiger partial charge is 0.273 e. The summed E-state index contributed by atoms with van der Waals surface area (Å²) in [7, 11) is 1.39. The van der Waals surface area contributed by atoms with Crippen molar-refractivity contribution in [1.29, 1.82) is 0 Å². The monoisotopic (exact) mass is 353 g/mol. The van der Waals surface area contributed by atoms with Crippen molar-refractivity contribution in [2.24, 2.45) is 0 Å². The normalized spacial score (nSPS) is 11.8. The third-order valence-electron chi connectivity index (χ3n) is 2.90. The molecule has 0 aliphatic rings. The summed E-state index contributed by atoms with van der Waals surface area (Å²) in [5, 5.41) is 15.1. The van der Waals surface area contributed by atoms with E-state index in [-0.39, 0.29) is 22.6 Å². The van der Waals surface area contributed by atoms with Crippen molar-refractivity contribution >= 4 is 40.4 Å². The third kappa shape index (κ3) is 4.42. The zero-order valence-corrected chi connectivity index (χ0v) is 14.4. The molecule has 0 fully saturated rings. The average molecular weight is 353 g/mol. The van der Waals surface area contributed by atoms with E-state index in [9.17, 15) is 14.9 Å². The minimum absolute atomic E-state index is 0.0967. The fraction of sp³-hybridized carbons (Fsp3) is 0.286. The van der Waals surface area contributed by atoms with Gasteiger partial charge in [0.25, 0.3) is 5.69 Å². The number of aromatic nitrogens is 1. The first-order chi connectivity index (χ1) is 10.9. The van der Waals surface area contributed by atoms with Crippen molar-refractivity contribution in [1.82, 2.24) is 4.98 Å². The van der Waals surface area contributed by atoms with Gasteiger partial charge in [0.2, 0.25) is 5.91 Å². The number of nitro groups is 1. The van der Waals surface area contributed by atoms with Crippen LogP contribution in [0.2, 0.25) is 0 Å². The third-order valence-corrected chi connectivity index (χ3v) is 5.09. The largest absolute Gasteiger partial charge is 0.494 e. The van der Waals surface area contributed by atoms with Gasteiger partial charge in [-0.15, -0.1) is 11.3 Å². The fourth-order valence-corrected chi connectivity index (χ4v) is 3.71. The number of hydrogen-bond acceptors (Lipinski definition) is 7. The Balaban J connectivity index is 2.08. The number of carbonyl (C=O) groups excluding carboxylic acids is 1. The second-order valence-electron chi connectivity index (χ2n) is 4.65. The maximum absolute atomic E-state index is 12.3. The number of nitro benzene ring substituents is 1. The number of hydrogen-bond donors (Lipinski definition) is 1. The van der Waals surface area contributed by atoms with Crippen molar-refractivity contribution in [2.75, 3.05) is 12.4 Å². The lowest BCUT2D eigenvalue weighted by atomic mass is 10.2. The summed E-state index contributed by atoms with van der Waals surface area (Å²) >= 11 is 2.85. The van der Waals surface area contributed by atoms with Crippen molar-refractivity contribution in [2.45, 2.75) is 23.4 Å². The summed E-state index contributed by atoms with van der Waals surface area (Å²) in [5.41, 5.74) is 1.22. The highest BCUT2D eigenvalue weighted by Crippen LogP contribution is 2.31. The molecule has 2 aromatic rings. The number of aryl methyl sites for hydroxylation is 1. The molecule has 0 unspecified atom stereocenters. The van der Waals surface area contributed by atoms with Crippen molar-refractivity contribution in [3.8, 4) is 5.75 Å². The standard InChI is InChI=1S/C14H15N3O4S2/c1-8-7-22-14(15-8)23-9(2)13(18)16-11-5-4-10(17(19)20)6-12(11)21-3/h4-7,9H,1-3H3,(H,16,18)/t9-/m0/s1. The lowest BCUT2D eigenvalue weighted by molar-refractivity contribution is -0.384. The Morgan fingerprint density at radius 1 is 1.52 bits per heavy atom. The van der Waals surface area contributed by atoms with E-state index in [2.05, 4.69) is 10.3 Å². The van der Waals surface area contributed by atoms with Gasteiger partial charge in [-0.05, 0) is 19.9 Å². The van der Waals surface area contributed by atoms with Crippen LogP contribution in [0.4, 0.5) is 11.4 Å². The summed E-state index contributed by atoms with van der Waals surface area (Å²) in [5.74, 6) is 0.0184. The summed E-state index contributed by atoms with van der Waals surface area (Å²) in [6.45, 7) is 3.67. The maximum atomic E-state index is 12.3. The lowest BCUT2D eigenvalue weighted by Crippen LogP contribution is -2.22. The highest BCUT2D eigenvalue weighted by molar-refractivity contribution is 8.02. The van der Waals surface area contributed by atoms with E-state index in [1.807, 2.05) is 12.3 Å².